The molecule has 1 aromatic rings. The topological polar surface area (TPSA) is 37.3 Å². The van der Waals surface area contributed by atoms with Crippen LogP contribution in [0.5, 0.6) is 5.75 Å². The van der Waals surface area contributed by atoms with E-state index in [1.807, 2.05) is 0 Å². The van der Waals surface area contributed by atoms with Gasteiger partial charge in [0, 0.05) is 5.56 Å². The number of phenols is 1. The van der Waals surface area contributed by atoms with Gasteiger partial charge in [-0.1, -0.05) is 0 Å². The molecular formula is C10H9BrO2. The minimum absolute atomic E-state index is 0.304. The molecule has 2 nitrogen and oxygen atoms in total. The third kappa shape index (κ3) is 1.27. The molecule has 0 unspecified atom stereocenters. The van der Waals surface area contributed by atoms with Gasteiger partial charge in [0.2, 0.25) is 0 Å². The molecule has 3 heteroatoms. The number of hydrogen-bond donors (Lipinski definition) is 1. The number of aldehydes is 1. The second-order valence-electron chi connectivity index (χ2n) is 3.22. The lowest BCUT2D eigenvalue weighted by atomic mass is 10.0. The Hall–Kier alpha value is -0.830. The van der Waals surface area contributed by atoms with Crippen molar-refractivity contribution in [2.75, 3.05) is 0 Å². The Balaban J connectivity index is 2.70. The lowest BCUT2D eigenvalue weighted by Crippen LogP contribution is -1.92. The quantitative estimate of drug-likeness (QED) is 0.767. The van der Waals surface area contributed by atoms with E-state index in [2.05, 4.69) is 15.9 Å². The number of hydrogen-bond acceptors (Lipinski definition) is 2. The van der Waals surface area contributed by atoms with Crippen LogP contribution in [0.4, 0.5) is 0 Å². The molecule has 0 bridgehead atoms. The highest BCUT2D eigenvalue weighted by Crippen LogP contribution is 2.37. The number of benzene rings is 1. The molecule has 0 saturated heterocycles. The number of halogens is 1. The van der Waals surface area contributed by atoms with E-state index in [0.717, 1.165) is 36.7 Å². The molecular weight excluding hydrogens is 232 g/mol. The van der Waals surface area contributed by atoms with Gasteiger partial charge >= 0.3 is 0 Å². The maximum atomic E-state index is 10.7. The standard InChI is InChI=1S/C10H9BrO2/c11-9-4-6(5-12)7-2-1-3-8(7)10(9)13/h4-5,13H,1-3H2. The van der Waals surface area contributed by atoms with Crippen molar-refractivity contribution in [2.45, 2.75) is 19.3 Å². The predicted octanol–water partition coefficient (Wildman–Crippen LogP) is 2.46. The van der Waals surface area contributed by atoms with Crippen LogP contribution in [0.1, 0.15) is 27.9 Å². The normalized spacial score (nSPS) is 14.2. The van der Waals surface area contributed by atoms with Crippen molar-refractivity contribution in [3.8, 4) is 5.75 Å². The Kier molecular flexibility index (Phi) is 2.12. The van der Waals surface area contributed by atoms with E-state index in [-0.39, 0.29) is 0 Å². The zero-order valence-corrected chi connectivity index (χ0v) is 8.60. The molecule has 0 saturated carbocycles. The summed E-state index contributed by atoms with van der Waals surface area (Å²) in [5.74, 6) is 0.304. The number of rotatable bonds is 1. The molecule has 1 aliphatic carbocycles. The van der Waals surface area contributed by atoms with Crippen molar-refractivity contribution in [3.63, 3.8) is 0 Å². The highest BCUT2D eigenvalue weighted by atomic mass is 79.9. The Morgan fingerprint density at radius 2 is 2.08 bits per heavy atom. The van der Waals surface area contributed by atoms with Crippen LogP contribution in [0.25, 0.3) is 0 Å². The fourth-order valence-corrected chi connectivity index (χ4v) is 2.35. The molecule has 0 atom stereocenters. The third-order valence-corrected chi connectivity index (χ3v) is 3.09. The Labute approximate surface area is 84.7 Å². The molecule has 0 radical (unpaired) electrons. The van der Waals surface area contributed by atoms with Crippen molar-refractivity contribution in [1.82, 2.24) is 0 Å². The lowest BCUT2D eigenvalue weighted by Gasteiger charge is -2.07. The minimum atomic E-state index is 0.304. The van der Waals surface area contributed by atoms with Crippen LogP contribution >= 0.6 is 15.9 Å². The Morgan fingerprint density at radius 3 is 2.77 bits per heavy atom. The molecule has 1 aliphatic rings. The van der Waals surface area contributed by atoms with Gasteiger partial charge in [0.05, 0.1) is 4.47 Å². The van der Waals surface area contributed by atoms with Crippen LogP contribution in [0.15, 0.2) is 10.5 Å². The second kappa shape index (κ2) is 3.14. The molecule has 2 rings (SSSR count). The van der Waals surface area contributed by atoms with E-state index in [1.165, 1.54) is 0 Å². The van der Waals surface area contributed by atoms with E-state index >= 15 is 0 Å². The van der Waals surface area contributed by atoms with Crippen LogP contribution in [-0.2, 0) is 12.8 Å². The molecule has 0 amide bonds. The van der Waals surface area contributed by atoms with E-state index < -0.39 is 0 Å². The summed E-state index contributed by atoms with van der Waals surface area (Å²) in [5.41, 5.74) is 2.67. The summed E-state index contributed by atoms with van der Waals surface area (Å²) in [7, 11) is 0. The van der Waals surface area contributed by atoms with Gasteiger partial charge in [-0.2, -0.15) is 0 Å². The fourth-order valence-electron chi connectivity index (χ4n) is 1.86. The molecule has 68 valence electrons. The van der Waals surface area contributed by atoms with Gasteiger partial charge in [0.25, 0.3) is 0 Å². The summed E-state index contributed by atoms with van der Waals surface area (Å²) in [6.07, 6.45) is 3.67. The molecule has 0 aromatic heterocycles. The van der Waals surface area contributed by atoms with Gasteiger partial charge < -0.3 is 5.11 Å². The largest absolute Gasteiger partial charge is 0.506 e. The maximum Gasteiger partial charge on any atom is 0.150 e. The Morgan fingerprint density at radius 1 is 1.38 bits per heavy atom. The van der Waals surface area contributed by atoms with Gasteiger partial charge in [0.15, 0.2) is 0 Å². The van der Waals surface area contributed by atoms with Crippen LogP contribution in [0.3, 0.4) is 0 Å². The van der Waals surface area contributed by atoms with E-state index in [9.17, 15) is 9.90 Å². The summed E-state index contributed by atoms with van der Waals surface area (Å²) in [5, 5.41) is 9.68. The van der Waals surface area contributed by atoms with Crippen molar-refractivity contribution < 1.29 is 9.90 Å². The van der Waals surface area contributed by atoms with E-state index in [1.54, 1.807) is 6.07 Å². The van der Waals surface area contributed by atoms with E-state index in [4.69, 9.17) is 0 Å². The highest BCUT2D eigenvalue weighted by molar-refractivity contribution is 9.10. The summed E-state index contributed by atoms with van der Waals surface area (Å²) >= 11 is 3.23. The molecule has 1 aromatic carbocycles. The van der Waals surface area contributed by atoms with Crippen LogP contribution in [0, 0.1) is 0 Å². The fraction of sp³-hybridized carbons (Fsp3) is 0.300. The average molecular weight is 241 g/mol. The number of carbonyl (C=O) groups is 1. The molecule has 0 spiro atoms. The van der Waals surface area contributed by atoms with Crippen LogP contribution < -0.4 is 0 Å². The molecule has 1 N–H and O–H groups in total. The average Bonchev–Trinajstić information content (AvgIpc) is 2.60. The summed E-state index contributed by atoms with van der Waals surface area (Å²) in [6, 6.07) is 1.69. The molecule has 13 heavy (non-hydrogen) atoms. The second-order valence-corrected chi connectivity index (χ2v) is 4.08. The van der Waals surface area contributed by atoms with Crippen molar-refractivity contribution in [3.05, 3.63) is 27.2 Å². The van der Waals surface area contributed by atoms with Crippen molar-refractivity contribution in [1.29, 1.82) is 0 Å². The predicted molar refractivity (Wildman–Crippen MR) is 53.2 cm³/mol. The first-order valence-corrected chi connectivity index (χ1v) is 5.01. The van der Waals surface area contributed by atoms with Gasteiger partial charge in [0.1, 0.15) is 12.0 Å². The van der Waals surface area contributed by atoms with Crippen LogP contribution in [0.2, 0.25) is 0 Å². The van der Waals surface area contributed by atoms with E-state index in [0.29, 0.717) is 15.8 Å². The van der Waals surface area contributed by atoms with Gasteiger partial charge in [-0.05, 0) is 52.4 Å². The zero-order chi connectivity index (χ0) is 9.42. The zero-order valence-electron chi connectivity index (χ0n) is 7.01. The number of aromatic hydroxyl groups is 1. The summed E-state index contributed by atoms with van der Waals surface area (Å²) in [6.45, 7) is 0. The number of fused-ring (bicyclic) bond motifs is 1. The third-order valence-electron chi connectivity index (χ3n) is 2.49. The smallest absolute Gasteiger partial charge is 0.150 e. The van der Waals surface area contributed by atoms with Gasteiger partial charge in [-0.3, -0.25) is 4.79 Å². The molecule has 0 fully saturated rings. The number of phenolic OH excluding ortho intramolecular Hbond substituents is 1. The first-order chi connectivity index (χ1) is 6.24. The summed E-state index contributed by atoms with van der Waals surface area (Å²) in [4.78, 5) is 10.7. The highest BCUT2D eigenvalue weighted by Gasteiger charge is 2.20. The first-order valence-electron chi connectivity index (χ1n) is 4.22. The minimum Gasteiger partial charge on any atom is -0.506 e. The molecule has 0 aliphatic heterocycles. The maximum absolute atomic E-state index is 10.7. The van der Waals surface area contributed by atoms with Gasteiger partial charge in [-0.25, -0.2) is 0 Å². The Bertz CT molecular complexity index is 372. The first kappa shape index (κ1) is 8.75. The number of carbonyl (C=O) groups excluding carboxylic acids is 1. The monoisotopic (exact) mass is 240 g/mol. The molecule has 0 heterocycles. The summed E-state index contributed by atoms with van der Waals surface area (Å²) < 4.78 is 0.621. The SMILES string of the molecule is O=Cc1cc(Br)c(O)c2c1CCC2. The van der Waals surface area contributed by atoms with Crippen molar-refractivity contribution in [2.24, 2.45) is 0 Å². The van der Waals surface area contributed by atoms with Crippen LogP contribution in [-0.4, -0.2) is 11.4 Å². The van der Waals surface area contributed by atoms with Gasteiger partial charge in [-0.15, -0.1) is 0 Å². The van der Waals surface area contributed by atoms with Crippen molar-refractivity contribution >= 4 is 22.2 Å². The lowest BCUT2D eigenvalue weighted by molar-refractivity contribution is 0.112.